The molecule has 0 spiro atoms. The van der Waals surface area contributed by atoms with Gasteiger partial charge in [-0.3, -0.25) is 4.79 Å². The van der Waals surface area contributed by atoms with Crippen LogP contribution in [0.3, 0.4) is 0 Å². The third kappa shape index (κ3) is 2.65. The Balaban J connectivity index is 3.01. The van der Waals surface area contributed by atoms with Gasteiger partial charge in [0.2, 0.25) is 5.91 Å². The van der Waals surface area contributed by atoms with Crippen molar-refractivity contribution in [2.75, 3.05) is 5.32 Å². The van der Waals surface area contributed by atoms with Gasteiger partial charge in [0.15, 0.2) is 0 Å². The number of carbonyl (C=O) groups is 1. The van der Waals surface area contributed by atoms with Crippen LogP contribution in [0, 0.1) is 23.7 Å². The number of halogens is 1. The number of amides is 1. The second kappa shape index (κ2) is 5.88. The van der Waals surface area contributed by atoms with E-state index in [2.05, 4.69) is 11.4 Å². The Bertz CT molecular complexity index is 487. The minimum atomic E-state index is -0.964. The molecule has 0 radical (unpaired) electrons. The maximum Gasteiger partial charge on any atom is 0.244 e. The molecule has 0 aromatic heterocycles. The maximum absolute atomic E-state index is 12.2. The number of hydrogen-bond donors (Lipinski definition) is 1. The summed E-state index contributed by atoms with van der Waals surface area (Å²) in [5.41, 5.74) is 0.509. The second-order valence-corrected chi connectivity index (χ2v) is 4.67. The smallest absolute Gasteiger partial charge is 0.244 e. The summed E-state index contributed by atoms with van der Waals surface area (Å²) in [6.07, 6.45) is 0.983. The van der Waals surface area contributed by atoms with Crippen molar-refractivity contribution >= 4 is 23.2 Å². The average molecular weight is 265 g/mol. The van der Waals surface area contributed by atoms with Crippen LogP contribution >= 0.6 is 11.6 Å². The van der Waals surface area contributed by atoms with Crippen molar-refractivity contribution in [3.63, 3.8) is 0 Å². The van der Waals surface area contributed by atoms with Crippen molar-refractivity contribution in [3.05, 3.63) is 28.8 Å². The van der Waals surface area contributed by atoms with E-state index >= 15 is 0 Å². The van der Waals surface area contributed by atoms with Gasteiger partial charge >= 0.3 is 0 Å². The largest absolute Gasteiger partial charge is 0.324 e. The Morgan fingerprint density at radius 2 is 2.06 bits per heavy atom. The summed E-state index contributed by atoms with van der Waals surface area (Å²) in [6.45, 7) is 5.53. The van der Waals surface area contributed by atoms with E-state index in [0.29, 0.717) is 23.6 Å². The Morgan fingerprint density at radius 1 is 1.44 bits per heavy atom. The predicted octanol–water partition coefficient (Wildman–Crippen LogP) is 3.92. The van der Waals surface area contributed by atoms with Crippen molar-refractivity contribution in [2.45, 2.75) is 33.6 Å². The highest BCUT2D eigenvalue weighted by molar-refractivity contribution is 6.31. The van der Waals surface area contributed by atoms with E-state index in [-0.39, 0.29) is 5.91 Å². The van der Waals surface area contributed by atoms with E-state index in [9.17, 15) is 10.1 Å². The molecular weight excluding hydrogens is 248 g/mol. The third-order valence-electron chi connectivity index (χ3n) is 3.37. The summed E-state index contributed by atoms with van der Waals surface area (Å²) in [6, 6.07) is 7.45. The van der Waals surface area contributed by atoms with E-state index in [0.717, 1.165) is 5.56 Å². The van der Waals surface area contributed by atoms with E-state index in [4.69, 9.17) is 11.6 Å². The van der Waals surface area contributed by atoms with Crippen molar-refractivity contribution in [1.82, 2.24) is 0 Å². The minimum absolute atomic E-state index is 0.264. The van der Waals surface area contributed by atoms with Crippen LogP contribution in [0.5, 0.6) is 0 Å². The molecule has 0 aliphatic heterocycles. The van der Waals surface area contributed by atoms with Gasteiger partial charge in [-0.1, -0.05) is 31.5 Å². The molecule has 1 aromatic rings. The number of hydrogen-bond acceptors (Lipinski definition) is 2. The first kappa shape index (κ1) is 14.5. The lowest BCUT2D eigenvalue weighted by Crippen LogP contribution is -2.34. The van der Waals surface area contributed by atoms with E-state index in [1.807, 2.05) is 20.8 Å². The number of anilines is 1. The zero-order chi connectivity index (χ0) is 13.8. The molecule has 1 N–H and O–H groups in total. The van der Waals surface area contributed by atoms with Gasteiger partial charge in [0.25, 0.3) is 0 Å². The van der Waals surface area contributed by atoms with Crippen molar-refractivity contribution in [1.29, 1.82) is 5.26 Å². The molecule has 4 heteroatoms. The van der Waals surface area contributed by atoms with Crippen LogP contribution in [-0.2, 0) is 4.79 Å². The van der Waals surface area contributed by atoms with Gasteiger partial charge in [0.05, 0.1) is 6.07 Å². The molecule has 1 aromatic carbocycles. The highest BCUT2D eigenvalue weighted by atomic mass is 35.5. The summed E-state index contributed by atoms with van der Waals surface area (Å²) < 4.78 is 0. The molecule has 0 aliphatic rings. The monoisotopic (exact) mass is 264 g/mol. The van der Waals surface area contributed by atoms with Gasteiger partial charge in [-0.05, 0) is 37.5 Å². The fourth-order valence-corrected chi connectivity index (χ4v) is 1.94. The molecule has 0 atom stereocenters. The summed E-state index contributed by atoms with van der Waals surface area (Å²) in [5.74, 6) is -0.264. The van der Waals surface area contributed by atoms with Crippen molar-refractivity contribution in [2.24, 2.45) is 5.41 Å². The fourth-order valence-electron chi connectivity index (χ4n) is 1.76. The quantitative estimate of drug-likeness (QED) is 0.896. The predicted molar refractivity (Wildman–Crippen MR) is 73.4 cm³/mol. The minimum Gasteiger partial charge on any atom is -0.324 e. The normalized spacial score (nSPS) is 10.8. The lowest BCUT2D eigenvalue weighted by molar-refractivity contribution is -0.123. The molecule has 0 aliphatic carbocycles. The molecule has 18 heavy (non-hydrogen) atoms. The van der Waals surface area contributed by atoms with E-state index in [1.165, 1.54) is 0 Å². The fraction of sp³-hybridized carbons (Fsp3) is 0.429. The molecule has 96 valence electrons. The van der Waals surface area contributed by atoms with Gasteiger partial charge in [0, 0.05) is 10.7 Å². The summed E-state index contributed by atoms with van der Waals surface area (Å²) >= 11 is 6.00. The molecule has 1 rings (SSSR count). The van der Waals surface area contributed by atoms with Gasteiger partial charge in [-0.25, -0.2) is 0 Å². The lowest BCUT2D eigenvalue weighted by Gasteiger charge is -2.22. The van der Waals surface area contributed by atoms with Crippen molar-refractivity contribution in [3.8, 4) is 6.07 Å². The zero-order valence-electron chi connectivity index (χ0n) is 10.9. The van der Waals surface area contributed by atoms with E-state index in [1.54, 1.807) is 18.2 Å². The highest BCUT2D eigenvalue weighted by Crippen LogP contribution is 2.29. The molecule has 0 bridgehead atoms. The van der Waals surface area contributed by atoms with Crippen LogP contribution in [0.15, 0.2) is 18.2 Å². The van der Waals surface area contributed by atoms with Crippen LogP contribution in [0.25, 0.3) is 0 Å². The number of benzene rings is 1. The van der Waals surface area contributed by atoms with Gasteiger partial charge < -0.3 is 5.32 Å². The third-order valence-corrected chi connectivity index (χ3v) is 3.78. The Hall–Kier alpha value is -1.53. The first-order valence-corrected chi connectivity index (χ1v) is 6.36. The molecular formula is C14H17ClN2O. The van der Waals surface area contributed by atoms with Gasteiger partial charge in [-0.15, -0.1) is 0 Å². The Kier molecular flexibility index (Phi) is 4.75. The highest BCUT2D eigenvalue weighted by Gasteiger charge is 2.35. The molecule has 0 saturated heterocycles. The first-order chi connectivity index (χ1) is 8.50. The SMILES string of the molecule is CCC(C#N)(CC)C(=O)Nc1cccc(Cl)c1C. The number of nitriles is 1. The number of rotatable bonds is 4. The summed E-state index contributed by atoms with van der Waals surface area (Å²) in [7, 11) is 0. The summed E-state index contributed by atoms with van der Waals surface area (Å²) in [5, 5.41) is 12.6. The topological polar surface area (TPSA) is 52.9 Å². The lowest BCUT2D eigenvalue weighted by atomic mass is 9.83. The van der Waals surface area contributed by atoms with Crippen LogP contribution in [0.2, 0.25) is 5.02 Å². The number of nitrogens with zero attached hydrogens (tertiary/aromatic N) is 1. The van der Waals surface area contributed by atoms with Crippen LogP contribution < -0.4 is 5.32 Å². The standard InChI is InChI=1S/C14H17ClN2O/c1-4-14(5-2,9-16)13(18)17-12-8-6-7-11(15)10(12)3/h6-8H,4-5H2,1-3H3,(H,17,18). The van der Waals surface area contributed by atoms with Crippen molar-refractivity contribution < 1.29 is 4.79 Å². The molecule has 0 heterocycles. The van der Waals surface area contributed by atoms with Crippen LogP contribution in [0.1, 0.15) is 32.3 Å². The second-order valence-electron chi connectivity index (χ2n) is 4.27. The summed E-state index contributed by atoms with van der Waals surface area (Å²) in [4.78, 5) is 12.2. The van der Waals surface area contributed by atoms with E-state index < -0.39 is 5.41 Å². The first-order valence-electron chi connectivity index (χ1n) is 5.98. The van der Waals surface area contributed by atoms with Crippen LogP contribution in [0.4, 0.5) is 5.69 Å². The zero-order valence-corrected chi connectivity index (χ0v) is 11.6. The maximum atomic E-state index is 12.2. The number of carbonyl (C=O) groups excluding carboxylic acids is 1. The number of nitrogens with one attached hydrogen (secondary N) is 1. The molecule has 1 amide bonds. The Labute approximate surface area is 113 Å². The average Bonchev–Trinajstić information content (AvgIpc) is 2.38. The van der Waals surface area contributed by atoms with Crippen LogP contribution in [-0.4, -0.2) is 5.91 Å². The molecule has 0 unspecified atom stereocenters. The molecule has 0 fully saturated rings. The molecule has 0 saturated carbocycles. The Morgan fingerprint density at radius 3 is 2.56 bits per heavy atom. The molecule has 3 nitrogen and oxygen atoms in total. The van der Waals surface area contributed by atoms with Gasteiger partial charge in [-0.2, -0.15) is 5.26 Å². The van der Waals surface area contributed by atoms with Gasteiger partial charge in [0.1, 0.15) is 5.41 Å².